The maximum Gasteiger partial charge on any atom is 0.136 e. The van der Waals surface area contributed by atoms with E-state index in [1.165, 1.54) is 0 Å². The topological polar surface area (TPSA) is 34.1 Å². The minimum Gasteiger partial charge on any atom is -0.300 e. The Hall–Kier alpha value is -0.660. The highest BCUT2D eigenvalue weighted by molar-refractivity contribution is 5.89. The predicted molar refractivity (Wildman–Crippen MR) is 46.8 cm³/mol. The van der Waals surface area contributed by atoms with Crippen molar-refractivity contribution < 1.29 is 9.59 Å². The van der Waals surface area contributed by atoms with Gasteiger partial charge >= 0.3 is 0 Å². The molecule has 1 aliphatic carbocycles. The van der Waals surface area contributed by atoms with Crippen LogP contribution in [0.2, 0.25) is 0 Å². The van der Waals surface area contributed by atoms with Gasteiger partial charge in [0.25, 0.3) is 0 Å². The summed E-state index contributed by atoms with van der Waals surface area (Å²) in [4.78, 5) is 22.5. The monoisotopic (exact) mass is 168 g/mol. The van der Waals surface area contributed by atoms with Crippen molar-refractivity contribution in [2.24, 2.45) is 11.8 Å². The van der Waals surface area contributed by atoms with E-state index >= 15 is 0 Å². The SMILES string of the molecule is CCC(=O)C1CCCC1C(C)=O. The standard InChI is InChI=1S/C10H16O2/c1-3-10(12)9-6-4-5-8(9)7(2)11/h8-9H,3-6H2,1-2H3. The van der Waals surface area contributed by atoms with Gasteiger partial charge in [0.15, 0.2) is 0 Å². The first-order valence-corrected chi connectivity index (χ1v) is 4.70. The Balaban J connectivity index is 2.63. The van der Waals surface area contributed by atoms with Crippen LogP contribution in [0.4, 0.5) is 0 Å². The average molecular weight is 168 g/mol. The highest BCUT2D eigenvalue weighted by atomic mass is 16.1. The summed E-state index contributed by atoms with van der Waals surface area (Å²) >= 11 is 0. The van der Waals surface area contributed by atoms with Crippen molar-refractivity contribution >= 4 is 11.6 Å². The molecule has 1 saturated carbocycles. The Kier molecular flexibility index (Phi) is 3.01. The minimum atomic E-state index is 0.0393. The van der Waals surface area contributed by atoms with Crippen LogP contribution in [0.25, 0.3) is 0 Å². The summed E-state index contributed by atoms with van der Waals surface area (Å²) in [5.74, 6) is 0.553. The number of ketones is 2. The highest BCUT2D eigenvalue weighted by Gasteiger charge is 2.34. The van der Waals surface area contributed by atoms with E-state index in [2.05, 4.69) is 0 Å². The van der Waals surface area contributed by atoms with Gasteiger partial charge in [-0.15, -0.1) is 0 Å². The minimum absolute atomic E-state index is 0.0393. The summed E-state index contributed by atoms with van der Waals surface area (Å²) in [6.45, 7) is 3.48. The molecular formula is C10H16O2. The van der Waals surface area contributed by atoms with Crippen LogP contribution in [0.3, 0.4) is 0 Å². The van der Waals surface area contributed by atoms with Crippen LogP contribution in [-0.2, 0) is 9.59 Å². The van der Waals surface area contributed by atoms with Gasteiger partial charge in [-0.25, -0.2) is 0 Å². The molecular weight excluding hydrogens is 152 g/mol. The average Bonchev–Trinajstić information content (AvgIpc) is 2.50. The van der Waals surface area contributed by atoms with Crippen LogP contribution >= 0.6 is 0 Å². The number of carbonyl (C=O) groups is 2. The van der Waals surface area contributed by atoms with Gasteiger partial charge in [-0.3, -0.25) is 9.59 Å². The molecule has 2 heteroatoms. The second kappa shape index (κ2) is 3.83. The lowest BCUT2D eigenvalue weighted by Crippen LogP contribution is -2.23. The second-order valence-electron chi connectivity index (χ2n) is 3.57. The van der Waals surface area contributed by atoms with E-state index in [1.54, 1.807) is 6.92 Å². The van der Waals surface area contributed by atoms with Crippen LogP contribution < -0.4 is 0 Å². The maximum absolute atomic E-state index is 11.4. The van der Waals surface area contributed by atoms with E-state index in [4.69, 9.17) is 0 Å². The first-order valence-electron chi connectivity index (χ1n) is 4.70. The molecule has 1 aliphatic rings. The zero-order valence-electron chi connectivity index (χ0n) is 7.80. The molecule has 0 aromatic rings. The largest absolute Gasteiger partial charge is 0.300 e. The van der Waals surface area contributed by atoms with Crippen LogP contribution in [0.1, 0.15) is 39.5 Å². The molecule has 0 aromatic heterocycles. The fraction of sp³-hybridized carbons (Fsp3) is 0.800. The molecule has 0 heterocycles. The van der Waals surface area contributed by atoms with Gasteiger partial charge in [0.05, 0.1) is 0 Å². The van der Waals surface area contributed by atoms with Gasteiger partial charge in [-0.05, 0) is 19.8 Å². The first-order chi connectivity index (χ1) is 5.66. The van der Waals surface area contributed by atoms with Gasteiger partial charge in [0, 0.05) is 18.3 Å². The summed E-state index contributed by atoms with van der Waals surface area (Å²) in [6.07, 6.45) is 3.47. The summed E-state index contributed by atoms with van der Waals surface area (Å²) in [5, 5.41) is 0. The molecule has 0 aliphatic heterocycles. The molecule has 2 unspecified atom stereocenters. The number of rotatable bonds is 3. The van der Waals surface area contributed by atoms with E-state index in [1.807, 2.05) is 6.92 Å². The van der Waals surface area contributed by atoms with Crippen molar-refractivity contribution in [2.45, 2.75) is 39.5 Å². The summed E-state index contributed by atoms with van der Waals surface area (Å²) in [7, 11) is 0. The third-order valence-corrected chi connectivity index (χ3v) is 2.80. The molecule has 12 heavy (non-hydrogen) atoms. The van der Waals surface area contributed by atoms with Gasteiger partial charge in [0.2, 0.25) is 0 Å². The van der Waals surface area contributed by atoms with E-state index in [-0.39, 0.29) is 23.4 Å². The lowest BCUT2D eigenvalue weighted by Gasteiger charge is -2.14. The van der Waals surface area contributed by atoms with Crippen LogP contribution in [0, 0.1) is 11.8 Å². The van der Waals surface area contributed by atoms with E-state index < -0.39 is 0 Å². The van der Waals surface area contributed by atoms with Gasteiger partial charge in [-0.2, -0.15) is 0 Å². The van der Waals surface area contributed by atoms with Crippen molar-refractivity contribution in [3.63, 3.8) is 0 Å². The Labute approximate surface area is 73.3 Å². The molecule has 1 rings (SSSR count). The highest BCUT2D eigenvalue weighted by Crippen LogP contribution is 2.33. The maximum atomic E-state index is 11.4. The predicted octanol–water partition coefficient (Wildman–Crippen LogP) is 1.97. The van der Waals surface area contributed by atoms with Gasteiger partial charge < -0.3 is 0 Å². The molecule has 0 spiro atoms. The number of hydrogen-bond donors (Lipinski definition) is 0. The quantitative estimate of drug-likeness (QED) is 0.645. The summed E-state index contributed by atoms with van der Waals surface area (Å²) < 4.78 is 0. The van der Waals surface area contributed by atoms with Crippen molar-refractivity contribution in [3.05, 3.63) is 0 Å². The third-order valence-electron chi connectivity index (χ3n) is 2.80. The number of carbonyl (C=O) groups excluding carboxylic acids is 2. The van der Waals surface area contributed by atoms with Gasteiger partial charge in [-0.1, -0.05) is 13.3 Å². The molecule has 2 atom stereocenters. The summed E-state index contributed by atoms with van der Waals surface area (Å²) in [5.41, 5.74) is 0. The summed E-state index contributed by atoms with van der Waals surface area (Å²) in [6, 6.07) is 0. The number of hydrogen-bond acceptors (Lipinski definition) is 2. The Morgan fingerprint density at radius 3 is 2.33 bits per heavy atom. The molecule has 0 aromatic carbocycles. The van der Waals surface area contributed by atoms with Crippen molar-refractivity contribution in [2.75, 3.05) is 0 Å². The smallest absolute Gasteiger partial charge is 0.136 e. The van der Waals surface area contributed by atoms with Crippen molar-refractivity contribution in [3.8, 4) is 0 Å². The molecule has 0 saturated heterocycles. The fourth-order valence-electron chi connectivity index (χ4n) is 2.09. The zero-order valence-corrected chi connectivity index (χ0v) is 7.80. The Bertz CT molecular complexity index is 196. The van der Waals surface area contributed by atoms with Crippen molar-refractivity contribution in [1.82, 2.24) is 0 Å². The molecule has 0 N–H and O–H groups in total. The van der Waals surface area contributed by atoms with Crippen molar-refractivity contribution in [1.29, 1.82) is 0 Å². The first kappa shape index (κ1) is 9.43. The Morgan fingerprint density at radius 1 is 1.25 bits per heavy atom. The number of Topliss-reactive ketones (excluding diaryl/α,β-unsaturated/α-hetero) is 2. The zero-order chi connectivity index (χ0) is 9.14. The molecule has 0 bridgehead atoms. The Morgan fingerprint density at radius 2 is 1.83 bits per heavy atom. The van der Waals surface area contributed by atoms with Crippen LogP contribution in [0.5, 0.6) is 0 Å². The molecule has 0 amide bonds. The molecule has 0 radical (unpaired) electrons. The fourth-order valence-corrected chi connectivity index (χ4v) is 2.09. The van der Waals surface area contributed by atoms with E-state index in [9.17, 15) is 9.59 Å². The lowest BCUT2D eigenvalue weighted by atomic mass is 9.88. The molecule has 2 nitrogen and oxygen atoms in total. The molecule has 1 fully saturated rings. The normalized spacial score (nSPS) is 28.8. The lowest BCUT2D eigenvalue weighted by molar-refractivity contribution is -0.130. The van der Waals surface area contributed by atoms with E-state index in [0.717, 1.165) is 19.3 Å². The van der Waals surface area contributed by atoms with Gasteiger partial charge in [0.1, 0.15) is 11.6 Å². The van der Waals surface area contributed by atoms with Crippen LogP contribution in [-0.4, -0.2) is 11.6 Å². The van der Waals surface area contributed by atoms with Crippen LogP contribution in [0.15, 0.2) is 0 Å². The molecule has 68 valence electrons. The van der Waals surface area contributed by atoms with E-state index in [0.29, 0.717) is 6.42 Å². The second-order valence-corrected chi connectivity index (χ2v) is 3.57. The third kappa shape index (κ3) is 1.74.